The molecule has 0 heterocycles. The summed E-state index contributed by atoms with van der Waals surface area (Å²) in [4.78, 5) is 21.9. The highest BCUT2D eigenvalue weighted by Crippen LogP contribution is 2.05. The molecule has 0 aliphatic heterocycles. The number of hydrogen-bond acceptors (Lipinski definition) is 3. The van der Waals surface area contributed by atoms with Crippen molar-refractivity contribution in [3.63, 3.8) is 0 Å². The van der Waals surface area contributed by atoms with Crippen LogP contribution in [0.5, 0.6) is 0 Å². The third-order valence-electron chi connectivity index (χ3n) is 1.71. The lowest BCUT2D eigenvalue weighted by atomic mass is 10.1. The van der Waals surface area contributed by atoms with E-state index in [2.05, 4.69) is 4.74 Å². The molecule has 0 unspecified atom stereocenters. The standard InChI is InChI=1S/C10H10O3.C2H6/c1-7(11)8-3-5-9(6-4-8)10(12)13-2;1-2/h3-6H,1-2H3;1-2H3. The molecule has 1 aromatic rings. The molecule has 3 heteroatoms. The van der Waals surface area contributed by atoms with Crippen molar-refractivity contribution < 1.29 is 14.3 Å². The first-order chi connectivity index (χ1) is 7.15. The zero-order chi connectivity index (χ0) is 11.8. The van der Waals surface area contributed by atoms with Gasteiger partial charge in [-0.05, 0) is 19.1 Å². The Morgan fingerprint density at radius 1 is 1.00 bits per heavy atom. The van der Waals surface area contributed by atoms with Crippen molar-refractivity contribution in [2.45, 2.75) is 20.8 Å². The van der Waals surface area contributed by atoms with Crippen LogP contribution in [0.1, 0.15) is 41.5 Å². The lowest BCUT2D eigenvalue weighted by Crippen LogP contribution is -2.01. The first-order valence-electron chi connectivity index (χ1n) is 4.84. The fraction of sp³-hybridized carbons (Fsp3) is 0.333. The van der Waals surface area contributed by atoms with Gasteiger partial charge in [-0.3, -0.25) is 4.79 Å². The van der Waals surface area contributed by atoms with Crippen LogP contribution >= 0.6 is 0 Å². The van der Waals surface area contributed by atoms with E-state index < -0.39 is 5.97 Å². The van der Waals surface area contributed by atoms with Crippen LogP contribution in [0.3, 0.4) is 0 Å². The second-order valence-electron chi connectivity index (χ2n) is 2.63. The first kappa shape index (κ1) is 13.4. The number of hydrogen-bond donors (Lipinski definition) is 0. The molecule has 1 aromatic carbocycles. The van der Waals surface area contributed by atoms with E-state index in [0.29, 0.717) is 11.1 Å². The van der Waals surface area contributed by atoms with Crippen molar-refractivity contribution in [1.29, 1.82) is 0 Å². The maximum absolute atomic E-state index is 11.0. The van der Waals surface area contributed by atoms with Gasteiger partial charge in [-0.2, -0.15) is 0 Å². The first-order valence-corrected chi connectivity index (χ1v) is 4.84. The summed E-state index contributed by atoms with van der Waals surface area (Å²) < 4.78 is 4.51. The van der Waals surface area contributed by atoms with E-state index in [4.69, 9.17) is 0 Å². The molecule has 0 saturated heterocycles. The van der Waals surface area contributed by atoms with Crippen LogP contribution < -0.4 is 0 Å². The molecule has 82 valence electrons. The lowest BCUT2D eigenvalue weighted by molar-refractivity contribution is 0.0600. The largest absolute Gasteiger partial charge is 0.465 e. The number of carbonyl (C=O) groups is 2. The van der Waals surface area contributed by atoms with Gasteiger partial charge >= 0.3 is 5.97 Å². The maximum atomic E-state index is 11.0. The molecule has 0 atom stereocenters. The molecule has 0 N–H and O–H groups in total. The van der Waals surface area contributed by atoms with Gasteiger partial charge in [0.1, 0.15) is 0 Å². The highest BCUT2D eigenvalue weighted by molar-refractivity contribution is 5.96. The zero-order valence-corrected chi connectivity index (χ0v) is 9.53. The molecule has 0 saturated carbocycles. The van der Waals surface area contributed by atoms with Crippen LogP contribution in [0.2, 0.25) is 0 Å². The van der Waals surface area contributed by atoms with Crippen molar-refractivity contribution in [1.82, 2.24) is 0 Å². The number of ketones is 1. The van der Waals surface area contributed by atoms with Crippen LogP contribution in [0.25, 0.3) is 0 Å². The minimum absolute atomic E-state index is 0.0172. The Balaban J connectivity index is 0.000000921. The monoisotopic (exact) mass is 208 g/mol. The van der Waals surface area contributed by atoms with Crippen molar-refractivity contribution in [3.05, 3.63) is 35.4 Å². The Hall–Kier alpha value is -1.64. The SMILES string of the molecule is CC.COC(=O)c1ccc(C(C)=O)cc1. The predicted octanol–water partition coefficient (Wildman–Crippen LogP) is 2.70. The van der Waals surface area contributed by atoms with Gasteiger partial charge in [-0.15, -0.1) is 0 Å². The zero-order valence-electron chi connectivity index (χ0n) is 9.53. The molecule has 3 nitrogen and oxygen atoms in total. The molecule has 0 amide bonds. The Morgan fingerprint density at radius 3 is 1.73 bits per heavy atom. The highest BCUT2D eigenvalue weighted by atomic mass is 16.5. The van der Waals surface area contributed by atoms with Crippen LogP contribution in [0.4, 0.5) is 0 Å². The number of benzene rings is 1. The quantitative estimate of drug-likeness (QED) is 0.554. The van der Waals surface area contributed by atoms with E-state index >= 15 is 0 Å². The summed E-state index contributed by atoms with van der Waals surface area (Å²) >= 11 is 0. The minimum Gasteiger partial charge on any atom is -0.465 e. The van der Waals surface area contributed by atoms with Gasteiger partial charge in [0.05, 0.1) is 12.7 Å². The molecular weight excluding hydrogens is 192 g/mol. The Labute approximate surface area is 90.1 Å². The fourth-order valence-corrected chi connectivity index (χ4v) is 0.959. The minimum atomic E-state index is -0.393. The number of rotatable bonds is 2. The van der Waals surface area contributed by atoms with Gasteiger partial charge in [0.2, 0.25) is 0 Å². The average molecular weight is 208 g/mol. The second-order valence-corrected chi connectivity index (χ2v) is 2.63. The smallest absolute Gasteiger partial charge is 0.337 e. The molecule has 0 radical (unpaired) electrons. The van der Waals surface area contributed by atoms with Gasteiger partial charge in [-0.25, -0.2) is 4.79 Å². The molecular formula is C12H16O3. The summed E-state index contributed by atoms with van der Waals surface area (Å²) in [6.07, 6.45) is 0. The van der Waals surface area contributed by atoms with E-state index in [1.54, 1.807) is 24.3 Å². The van der Waals surface area contributed by atoms with E-state index in [0.717, 1.165) is 0 Å². The van der Waals surface area contributed by atoms with E-state index in [1.165, 1.54) is 14.0 Å². The number of Topliss-reactive ketones (excluding diaryl/α,β-unsaturated/α-hetero) is 1. The van der Waals surface area contributed by atoms with Gasteiger partial charge in [-0.1, -0.05) is 26.0 Å². The Morgan fingerprint density at radius 2 is 1.40 bits per heavy atom. The fourth-order valence-electron chi connectivity index (χ4n) is 0.959. The van der Waals surface area contributed by atoms with Crippen molar-refractivity contribution in [2.75, 3.05) is 7.11 Å². The molecule has 0 fully saturated rings. The van der Waals surface area contributed by atoms with Crippen LogP contribution in [-0.2, 0) is 4.74 Å². The van der Waals surface area contributed by atoms with Gasteiger partial charge < -0.3 is 4.74 Å². The van der Waals surface area contributed by atoms with Crippen molar-refractivity contribution in [2.24, 2.45) is 0 Å². The molecule has 0 bridgehead atoms. The summed E-state index contributed by atoms with van der Waals surface area (Å²) in [5.41, 5.74) is 1.04. The summed E-state index contributed by atoms with van der Waals surface area (Å²) in [5, 5.41) is 0. The second kappa shape index (κ2) is 6.76. The van der Waals surface area contributed by atoms with Crippen LogP contribution in [-0.4, -0.2) is 18.9 Å². The third kappa shape index (κ3) is 3.94. The van der Waals surface area contributed by atoms with E-state index in [1.807, 2.05) is 13.8 Å². The lowest BCUT2D eigenvalue weighted by Gasteiger charge is -1.99. The normalized spacial score (nSPS) is 8.53. The summed E-state index contributed by atoms with van der Waals surface area (Å²) in [7, 11) is 1.32. The number of carbonyl (C=O) groups excluding carboxylic acids is 2. The maximum Gasteiger partial charge on any atom is 0.337 e. The number of esters is 1. The Bertz CT molecular complexity index is 325. The van der Waals surface area contributed by atoms with Gasteiger partial charge in [0.15, 0.2) is 5.78 Å². The summed E-state index contributed by atoms with van der Waals surface area (Å²) in [6, 6.07) is 6.36. The molecule has 0 spiro atoms. The molecule has 15 heavy (non-hydrogen) atoms. The summed E-state index contributed by atoms with van der Waals surface area (Å²) in [5.74, 6) is -0.411. The third-order valence-corrected chi connectivity index (χ3v) is 1.71. The highest BCUT2D eigenvalue weighted by Gasteiger charge is 2.05. The van der Waals surface area contributed by atoms with Crippen LogP contribution in [0.15, 0.2) is 24.3 Å². The Kier molecular flexibility index (Phi) is 6.02. The van der Waals surface area contributed by atoms with E-state index in [-0.39, 0.29) is 5.78 Å². The van der Waals surface area contributed by atoms with Crippen molar-refractivity contribution in [3.8, 4) is 0 Å². The van der Waals surface area contributed by atoms with Gasteiger partial charge in [0, 0.05) is 5.56 Å². The van der Waals surface area contributed by atoms with Crippen molar-refractivity contribution >= 4 is 11.8 Å². The molecule has 0 aliphatic carbocycles. The van der Waals surface area contributed by atoms with Gasteiger partial charge in [0.25, 0.3) is 0 Å². The van der Waals surface area contributed by atoms with E-state index in [9.17, 15) is 9.59 Å². The summed E-state index contributed by atoms with van der Waals surface area (Å²) in [6.45, 7) is 5.48. The predicted molar refractivity (Wildman–Crippen MR) is 59.1 cm³/mol. The average Bonchev–Trinajstić information content (AvgIpc) is 2.31. The van der Waals surface area contributed by atoms with Crippen LogP contribution in [0, 0.1) is 0 Å². The number of ether oxygens (including phenoxy) is 1. The number of methoxy groups -OCH3 is 1. The topological polar surface area (TPSA) is 43.4 Å². The molecule has 1 rings (SSSR count). The molecule has 0 aromatic heterocycles. The molecule has 0 aliphatic rings.